The van der Waals surface area contributed by atoms with E-state index in [0.717, 1.165) is 31.2 Å². The largest absolute Gasteiger partial charge is 0.430 e. The van der Waals surface area contributed by atoms with Gasteiger partial charge in [0.1, 0.15) is 0 Å². The Bertz CT molecular complexity index is 805. The van der Waals surface area contributed by atoms with Gasteiger partial charge < -0.3 is 4.74 Å². The number of ether oxygens (including phenoxy) is 1. The quantitative estimate of drug-likeness (QED) is 0.544. The van der Waals surface area contributed by atoms with Crippen LogP contribution in [0.4, 0.5) is 4.79 Å². The number of hydrogen-bond acceptors (Lipinski definition) is 4. The first-order valence-corrected chi connectivity index (χ1v) is 9.74. The minimum Gasteiger partial charge on any atom is -0.423 e. The number of carbonyl (C=O) groups is 1. The predicted octanol–water partition coefficient (Wildman–Crippen LogP) is 3.99. The number of nitrogens with zero attached hydrogens (tertiary/aromatic N) is 1. The molecule has 6 heteroatoms. The van der Waals surface area contributed by atoms with Crippen molar-refractivity contribution in [3.63, 3.8) is 0 Å². The number of benzene rings is 1. The molecule has 0 aromatic heterocycles. The van der Waals surface area contributed by atoms with Crippen molar-refractivity contribution in [2.75, 3.05) is 0 Å². The molecular weight excluding hydrogens is 338 g/mol. The van der Waals surface area contributed by atoms with Crippen molar-refractivity contribution in [1.82, 2.24) is 4.31 Å². The number of aryl methyl sites for hydroxylation is 1. The molecule has 0 radical (unpaired) electrons. The Morgan fingerprint density at radius 3 is 2.44 bits per heavy atom. The molecule has 1 aromatic carbocycles. The van der Waals surface area contributed by atoms with Crippen LogP contribution in [-0.4, -0.2) is 24.4 Å². The van der Waals surface area contributed by atoms with E-state index in [2.05, 4.69) is 19.4 Å². The maximum atomic E-state index is 12.8. The van der Waals surface area contributed by atoms with Crippen molar-refractivity contribution < 1.29 is 17.9 Å². The summed E-state index contributed by atoms with van der Waals surface area (Å²) in [6.45, 7) is 7.71. The van der Waals surface area contributed by atoms with Crippen molar-refractivity contribution in [2.45, 2.75) is 56.4 Å². The Labute approximate surface area is 149 Å². The van der Waals surface area contributed by atoms with Crippen LogP contribution in [0.15, 0.2) is 41.4 Å². The first-order chi connectivity index (χ1) is 11.8. The predicted molar refractivity (Wildman–Crippen MR) is 96.1 cm³/mol. The van der Waals surface area contributed by atoms with Gasteiger partial charge in [0.2, 0.25) is 5.60 Å². The summed E-state index contributed by atoms with van der Waals surface area (Å²) in [6.07, 6.45) is 8.68. The summed E-state index contributed by atoms with van der Waals surface area (Å²) in [6, 6.07) is 6.22. The van der Waals surface area contributed by atoms with Gasteiger partial charge in [-0.15, -0.1) is 6.42 Å². The van der Waals surface area contributed by atoms with Crippen LogP contribution in [0.5, 0.6) is 0 Å². The number of cyclic esters (lactones) is 1. The van der Waals surface area contributed by atoms with Crippen molar-refractivity contribution in [2.24, 2.45) is 0 Å². The Morgan fingerprint density at radius 2 is 1.88 bits per heavy atom. The molecule has 0 bridgehead atoms. The highest BCUT2D eigenvalue weighted by atomic mass is 32.2. The van der Waals surface area contributed by atoms with Crippen LogP contribution in [0.1, 0.15) is 44.6 Å². The van der Waals surface area contributed by atoms with Crippen LogP contribution < -0.4 is 0 Å². The average Bonchev–Trinajstić information content (AvgIpc) is 2.83. The van der Waals surface area contributed by atoms with Crippen molar-refractivity contribution >= 4 is 16.1 Å². The normalized spacial score (nSPS) is 20.4. The molecule has 0 spiro atoms. The van der Waals surface area contributed by atoms with Gasteiger partial charge in [0, 0.05) is 6.42 Å². The highest BCUT2D eigenvalue weighted by Gasteiger charge is 2.52. The minimum absolute atomic E-state index is 0.00463. The van der Waals surface area contributed by atoms with Crippen LogP contribution in [0.2, 0.25) is 0 Å². The lowest BCUT2D eigenvalue weighted by molar-refractivity contribution is 0.100. The third kappa shape index (κ3) is 3.57. The standard InChI is InChI=1S/C19H23NO4S/c1-5-7-8-9-14-19(6-2)16(4)20(18(21)24-19)25(22,23)17-12-10-15(3)11-13-17/h2,10-13H,4-5,7-9,14H2,1,3H3. The molecule has 5 nitrogen and oxygen atoms in total. The zero-order chi connectivity index (χ0) is 18.7. The molecule has 1 fully saturated rings. The summed E-state index contributed by atoms with van der Waals surface area (Å²) in [5.41, 5.74) is -0.504. The molecule has 1 heterocycles. The second-order valence-corrected chi connectivity index (χ2v) is 7.97. The van der Waals surface area contributed by atoms with E-state index in [-0.39, 0.29) is 10.6 Å². The molecule has 1 saturated heterocycles. The Balaban J connectivity index is 2.31. The molecule has 0 saturated carbocycles. The molecule has 1 aliphatic rings. The van der Waals surface area contributed by atoms with Gasteiger partial charge in [-0.3, -0.25) is 0 Å². The molecule has 1 aromatic rings. The maximum Gasteiger partial charge on any atom is 0.430 e. The van der Waals surface area contributed by atoms with Crippen molar-refractivity contribution in [1.29, 1.82) is 0 Å². The Hall–Kier alpha value is -2.26. The van der Waals surface area contributed by atoms with Crippen molar-refractivity contribution in [3.8, 4) is 12.3 Å². The van der Waals surface area contributed by atoms with Gasteiger partial charge in [0.15, 0.2) is 0 Å². The van der Waals surface area contributed by atoms with E-state index in [9.17, 15) is 13.2 Å². The molecule has 0 aliphatic carbocycles. The molecular formula is C19H23NO4S. The lowest BCUT2D eigenvalue weighted by Gasteiger charge is -2.22. The number of hydrogen-bond donors (Lipinski definition) is 0. The number of carbonyl (C=O) groups excluding carboxylic acids is 1. The van der Waals surface area contributed by atoms with Gasteiger partial charge >= 0.3 is 6.09 Å². The smallest absolute Gasteiger partial charge is 0.423 e. The summed E-state index contributed by atoms with van der Waals surface area (Å²) in [4.78, 5) is 12.3. The Morgan fingerprint density at radius 1 is 1.24 bits per heavy atom. The molecule has 25 heavy (non-hydrogen) atoms. The maximum absolute atomic E-state index is 12.8. The highest BCUT2D eigenvalue weighted by molar-refractivity contribution is 7.89. The van der Waals surface area contributed by atoms with Crippen LogP contribution in [0, 0.1) is 19.3 Å². The molecule has 0 N–H and O–H groups in total. The summed E-state index contributed by atoms with van der Waals surface area (Å²) in [5, 5.41) is 0. The van der Waals surface area contributed by atoms with Crippen molar-refractivity contribution in [3.05, 3.63) is 42.1 Å². The van der Waals surface area contributed by atoms with Crippen LogP contribution in [-0.2, 0) is 14.8 Å². The van der Waals surface area contributed by atoms with E-state index < -0.39 is 21.7 Å². The fourth-order valence-corrected chi connectivity index (χ4v) is 4.13. The lowest BCUT2D eigenvalue weighted by Crippen LogP contribution is -2.33. The number of unbranched alkanes of at least 4 members (excludes halogenated alkanes) is 3. The van der Waals surface area contributed by atoms with Gasteiger partial charge in [-0.05, 0) is 25.5 Å². The molecule has 2 rings (SSSR count). The lowest BCUT2D eigenvalue weighted by atomic mass is 9.94. The summed E-state index contributed by atoms with van der Waals surface area (Å²) in [7, 11) is -4.11. The summed E-state index contributed by atoms with van der Waals surface area (Å²) < 4.78 is 31.6. The number of amides is 1. The SMILES string of the molecule is C#CC1(CCCCCC)OC(=O)N(S(=O)(=O)c2ccc(C)cc2)C1=C. The van der Waals surface area contributed by atoms with E-state index in [4.69, 9.17) is 11.2 Å². The number of terminal acetylenes is 1. The molecule has 134 valence electrons. The first-order valence-electron chi connectivity index (χ1n) is 8.30. The molecule has 1 atom stereocenters. The molecule has 1 aliphatic heterocycles. The zero-order valence-electron chi connectivity index (χ0n) is 14.6. The second kappa shape index (κ2) is 7.32. The fraction of sp³-hybridized carbons (Fsp3) is 0.421. The first kappa shape index (κ1) is 19.1. The fourth-order valence-electron chi connectivity index (χ4n) is 2.76. The van der Waals surface area contributed by atoms with Gasteiger partial charge in [0.05, 0.1) is 10.6 Å². The zero-order valence-corrected chi connectivity index (χ0v) is 15.4. The minimum atomic E-state index is -4.11. The van der Waals surface area contributed by atoms with Gasteiger partial charge in [-0.2, -0.15) is 4.31 Å². The molecule has 1 unspecified atom stereocenters. The van der Waals surface area contributed by atoms with Crippen LogP contribution in [0.3, 0.4) is 0 Å². The van der Waals surface area contributed by atoms with E-state index in [1.165, 1.54) is 12.1 Å². The van der Waals surface area contributed by atoms with Crippen LogP contribution in [0.25, 0.3) is 0 Å². The Kier molecular flexibility index (Phi) is 5.58. The van der Waals surface area contributed by atoms with Crippen LogP contribution >= 0.6 is 0 Å². The number of rotatable bonds is 7. The summed E-state index contributed by atoms with van der Waals surface area (Å²) in [5.74, 6) is 2.45. The monoisotopic (exact) mass is 361 g/mol. The number of sulfonamides is 1. The second-order valence-electron chi connectivity index (χ2n) is 6.18. The summed E-state index contributed by atoms with van der Waals surface area (Å²) >= 11 is 0. The van der Waals surface area contributed by atoms with E-state index in [0.29, 0.717) is 10.7 Å². The van der Waals surface area contributed by atoms with E-state index >= 15 is 0 Å². The third-order valence-electron chi connectivity index (χ3n) is 4.31. The van der Waals surface area contributed by atoms with Gasteiger partial charge in [-0.25, -0.2) is 13.2 Å². The van der Waals surface area contributed by atoms with Gasteiger partial charge in [0.25, 0.3) is 10.0 Å². The van der Waals surface area contributed by atoms with E-state index in [1.54, 1.807) is 12.1 Å². The topological polar surface area (TPSA) is 63.7 Å². The van der Waals surface area contributed by atoms with Gasteiger partial charge in [-0.1, -0.05) is 56.4 Å². The average molecular weight is 361 g/mol. The third-order valence-corrected chi connectivity index (χ3v) is 6.03. The van der Waals surface area contributed by atoms with E-state index in [1.807, 2.05) is 6.92 Å². The molecule has 1 amide bonds. The highest BCUT2D eigenvalue weighted by Crippen LogP contribution is 2.39.